The minimum absolute atomic E-state index is 0.0929. The van der Waals surface area contributed by atoms with Crippen LogP contribution in [-0.2, 0) is 11.8 Å². The molecule has 0 radical (unpaired) electrons. The van der Waals surface area contributed by atoms with Gasteiger partial charge in [0.15, 0.2) is 0 Å². The molecule has 1 heteroatoms. The molecule has 0 nitrogen and oxygen atoms in total. The molecular weight excluding hydrogens is 163 g/mol. The number of hydrogen-bond donors (Lipinski definition) is 0. The average molecular weight is 180 g/mol. The zero-order valence-corrected chi connectivity index (χ0v) is 8.82. The third-order valence-corrected chi connectivity index (χ3v) is 2.25. The highest BCUT2D eigenvalue weighted by molar-refractivity contribution is 5.30. The summed E-state index contributed by atoms with van der Waals surface area (Å²) in [5.41, 5.74) is 1.91. The molecule has 1 aromatic rings. The van der Waals surface area contributed by atoms with Crippen LogP contribution in [0.15, 0.2) is 18.2 Å². The quantitative estimate of drug-likeness (QED) is 0.618. The average Bonchev–Trinajstić information content (AvgIpc) is 2.03. The summed E-state index contributed by atoms with van der Waals surface area (Å²) < 4.78 is 13.4. The molecule has 0 N–H and O–H groups in total. The summed E-state index contributed by atoms with van der Waals surface area (Å²) in [5, 5.41) is 0. The lowest BCUT2D eigenvalue weighted by molar-refractivity contribution is 0.522. The van der Waals surface area contributed by atoms with Crippen molar-refractivity contribution < 1.29 is 4.39 Å². The van der Waals surface area contributed by atoms with Crippen LogP contribution in [0.4, 0.5) is 4.39 Å². The first-order valence-electron chi connectivity index (χ1n) is 4.74. The second-order valence-electron chi connectivity index (χ2n) is 4.42. The van der Waals surface area contributed by atoms with Crippen LogP contribution >= 0.6 is 0 Å². The Morgan fingerprint density at radius 2 is 1.85 bits per heavy atom. The number of rotatable bonds is 1. The maximum Gasteiger partial charge on any atom is 0.126 e. The van der Waals surface area contributed by atoms with E-state index in [1.54, 1.807) is 6.07 Å². The lowest BCUT2D eigenvalue weighted by Gasteiger charge is -2.20. The van der Waals surface area contributed by atoms with Gasteiger partial charge in [-0.3, -0.25) is 0 Å². The highest BCUT2D eigenvalue weighted by Crippen LogP contribution is 2.25. The molecule has 13 heavy (non-hydrogen) atoms. The summed E-state index contributed by atoms with van der Waals surface area (Å²) in [6.07, 6.45) is 0.962. The van der Waals surface area contributed by atoms with E-state index in [-0.39, 0.29) is 11.2 Å². The van der Waals surface area contributed by atoms with Crippen molar-refractivity contribution in [3.05, 3.63) is 35.1 Å². The summed E-state index contributed by atoms with van der Waals surface area (Å²) in [5.74, 6) is -0.0929. The fourth-order valence-electron chi connectivity index (χ4n) is 1.37. The third kappa shape index (κ3) is 2.30. The fraction of sp³-hybridized carbons (Fsp3) is 0.500. The van der Waals surface area contributed by atoms with E-state index in [4.69, 9.17) is 0 Å². The smallest absolute Gasteiger partial charge is 0.126 e. The Labute approximate surface area is 79.8 Å². The van der Waals surface area contributed by atoms with E-state index >= 15 is 0 Å². The Balaban J connectivity index is 3.19. The van der Waals surface area contributed by atoms with Gasteiger partial charge in [-0.2, -0.15) is 0 Å². The molecule has 0 aromatic heterocycles. The monoisotopic (exact) mass is 180 g/mol. The summed E-state index contributed by atoms with van der Waals surface area (Å²) in [7, 11) is 0. The van der Waals surface area contributed by atoms with Crippen molar-refractivity contribution in [3.63, 3.8) is 0 Å². The lowest BCUT2D eigenvalue weighted by atomic mass is 9.85. The summed E-state index contributed by atoms with van der Waals surface area (Å²) in [6.45, 7) is 8.18. The molecule has 0 fully saturated rings. The van der Waals surface area contributed by atoms with E-state index in [1.807, 2.05) is 32.9 Å². The number of hydrogen-bond acceptors (Lipinski definition) is 0. The molecule has 0 aliphatic heterocycles. The molecule has 72 valence electrons. The van der Waals surface area contributed by atoms with E-state index in [0.29, 0.717) is 0 Å². The van der Waals surface area contributed by atoms with E-state index in [1.165, 1.54) is 5.56 Å². The van der Waals surface area contributed by atoms with Crippen molar-refractivity contribution >= 4 is 0 Å². The van der Waals surface area contributed by atoms with Gasteiger partial charge in [-0.05, 0) is 29.0 Å². The second-order valence-corrected chi connectivity index (χ2v) is 4.42. The molecule has 0 atom stereocenters. The molecule has 0 spiro atoms. The van der Waals surface area contributed by atoms with Crippen molar-refractivity contribution in [2.24, 2.45) is 0 Å². The van der Waals surface area contributed by atoms with Crippen LogP contribution in [0.2, 0.25) is 0 Å². The van der Waals surface area contributed by atoms with Gasteiger partial charge in [0, 0.05) is 0 Å². The Bertz CT molecular complexity index is 294. The minimum atomic E-state index is -0.102. The Morgan fingerprint density at radius 1 is 1.23 bits per heavy atom. The molecule has 0 aliphatic rings. The number of aryl methyl sites for hydroxylation is 1. The van der Waals surface area contributed by atoms with Crippen LogP contribution in [-0.4, -0.2) is 0 Å². The predicted molar refractivity (Wildman–Crippen MR) is 54.5 cm³/mol. The summed E-state index contributed by atoms with van der Waals surface area (Å²) >= 11 is 0. The molecule has 0 aliphatic carbocycles. The zero-order valence-electron chi connectivity index (χ0n) is 8.82. The molecule has 0 heterocycles. The van der Waals surface area contributed by atoms with Gasteiger partial charge in [0.05, 0.1) is 0 Å². The standard InChI is InChI=1S/C12H17F/c1-5-9-6-7-11(13)10(8-9)12(2,3)4/h6-8H,5H2,1-4H3. The molecule has 0 amide bonds. The van der Waals surface area contributed by atoms with Crippen LogP contribution in [0.3, 0.4) is 0 Å². The van der Waals surface area contributed by atoms with Crippen LogP contribution in [0.1, 0.15) is 38.8 Å². The number of halogens is 1. The van der Waals surface area contributed by atoms with E-state index in [9.17, 15) is 4.39 Å². The Morgan fingerprint density at radius 3 is 2.31 bits per heavy atom. The van der Waals surface area contributed by atoms with Crippen LogP contribution in [0, 0.1) is 5.82 Å². The van der Waals surface area contributed by atoms with E-state index in [2.05, 4.69) is 6.92 Å². The van der Waals surface area contributed by atoms with Gasteiger partial charge in [-0.25, -0.2) is 4.39 Å². The first-order valence-corrected chi connectivity index (χ1v) is 4.74. The van der Waals surface area contributed by atoms with Gasteiger partial charge in [-0.15, -0.1) is 0 Å². The molecule has 1 aromatic carbocycles. The summed E-state index contributed by atoms with van der Waals surface area (Å²) in [4.78, 5) is 0. The molecule has 0 bridgehead atoms. The number of benzene rings is 1. The molecule has 1 rings (SSSR count). The van der Waals surface area contributed by atoms with Crippen molar-refractivity contribution in [1.29, 1.82) is 0 Å². The topological polar surface area (TPSA) is 0 Å². The largest absolute Gasteiger partial charge is 0.207 e. The van der Waals surface area contributed by atoms with E-state index < -0.39 is 0 Å². The third-order valence-electron chi connectivity index (χ3n) is 2.25. The molecular formula is C12H17F. The van der Waals surface area contributed by atoms with Gasteiger partial charge in [-0.1, -0.05) is 39.8 Å². The second kappa shape index (κ2) is 3.49. The fourth-order valence-corrected chi connectivity index (χ4v) is 1.37. The van der Waals surface area contributed by atoms with Crippen LogP contribution < -0.4 is 0 Å². The SMILES string of the molecule is CCc1ccc(F)c(C(C)(C)C)c1. The first-order chi connectivity index (χ1) is 5.95. The van der Waals surface area contributed by atoms with Crippen molar-refractivity contribution in [3.8, 4) is 0 Å². The highest BCUT2D eigenvalue weighted by Gasteiger charge is 2.18. The van der Waals surface area contributed by atoms with Crippen LogP contribution in [0.25, 0.3) is 0 Å². The Hall–Kier alpha value is -0.850. The molecule has 0 saturated carbocycles. The minimum Gasteiger partial charge on any atom is -0.207 e. The highest BCUT2D eigenvalue weighted by atomic mass is 19.1. The van der Waals surface area contributed by atoms with Crippen molar-refractivity contribution in [1.82, 2.24) is 0 Å². The molecule has 0 unspecified atom stereocenters. The van der Waals surface area contributed by atoms with Gasteiger partial charge >= 0.3 is 0 Å². The maximum absolute atomic E-state index is 13.4. The first kappa shape index (κ1) is 10.2. The van der Waals surface area contributed by atoms with E-state index in [0.717, 1.165) is 12.0 Å². The van der Waals surface area contributed by atoms with Gasteiger partial charge in [0.25, 0.3) is 0 Å². The van der Waals surface area contributed by atoms with Crippen LogP contribution in [0.5, 0.6) is 0 Å². The van der Waals surface area contributed by atoms with Crippen molar-refractivity contribution in [2.75, 3.05) is 0 Å². The predicted octanol–water partition coefficient (Wildman–Crippen LogP) is 3.69. The van der Waals surface area contributed by atoms with Gasteiger partial charge in [0.1, 0.15) is 5.82 Å². The zero-order chi connectivity index (χ0) is 10.1. The summed E-state index contributed by atoms with van der Waals surface area (Å²) in [6, 6.07) is 5.39. The van der Waals surface area contributed by atoms with Gasteiger partial charge in [0.2, 0.25) is 0 Å². The Kier molecular flexibility index (Phi) is 2.74. The maximum atomic E-state index is 13.4. The molecule has 0 saturated heterocycles. The lowest BCUT2D eigenvalue weighted by Crippen LogP contribution is -2.13. The normalized spacial score (nSPS) is 11.8. The van der Waals surface area contributed by atoms with Crippen molar-refractivity contribution in [2.45, 2.75) is 39.5 Å². The van der Waals surface area contributed by atoms with Gasteiger partial charge < -0.3 is 0 Å².